The van der Waals surface area contributed by atoms with Crippen LogP contribution < -0.4 is 0 Å². The molecule has 0 amide bonds. The van der Waals surface area contributed by atoms with E-state index in [-0.39, 0.29) is 36.2 Å². The van der Waals surface area contributed by atoms with Gasteiger partial charge >= 0.3 is 0 Å². The number of aliphatic hydroxyl groups is 11. The molecule has 0 aromatic rings. The average Bonchev–Trinajstić information content (AvgIpc) is 3.71. The first kappa shape index (κ1) is 48.3. The monoisotopic (exact) mass is 918 g/mol. The molecular formula is C45H74O19. The molecule has 5 saturated heterocycles. The molecule has 0 aromatic carbocycles. The summed E-state index contributed by atoms with van der Waals surface area (Å²) in [5, 5.41) is 121. The molecule has 1 spiro atoms. The zero-order valence-corrected chi connectivity index (χ0v) is 37.5. The molecule has 28 atom stereocenters. The van der Waals surface area contributed by atoms with Gasteiger partial charge in [0, 0.05) is 24.2 Å². The molecule has 9 rings (SSSR count). The largest absolute Gasteiger partial charge is 0.394 e. The molecule has 368 valence electrons. The van der Waals surface area contributed by atoms with E-state index in [0.717, 1.165) is 38.5 Å². The van der Waals surface area contributed by atoms with Crippen LogP contribution >= 0.6 is 0 Å². The standard InChI is InChI=1S/C45H74O19/c1-18-6-11-45(57-17-18)19(2)29-25(64-45)12-23-21-7-10-44(56)14-26(24(48)13-43(44,5)22(21)8-9-42(23,29)4)59-41-38(63-39-35(54)33(52)30(49)20(3)58-39)37(32(51)28(16-47)61-41)62-40-36(55)34(53)31(50)27(15-46)60-40/h18-41,46-56H,6-17H2,1-5H3. The molecule has 0 aromatic heterocycles. The summed E-state index contributed by atoms with van der Waals surface area (Å²) in [6, 6.07) is 0. The predicted molar refractivity (Wildman–Crippen MR) is 217 cm³/mol. The van der Waals surface area contributed by atoms with Crippen LogP contribution in [0.4, 0.5) is 0 Å². The second-order valence-electron chi connectivity index (χ2n) is 21.8. The quantitative estimate of drug-likeness (QED) is 0.122. The zero-order valence-electron chi connectivity index (χ0n) is 37.5. The fraction of sp³-hybridized carbons (Fsp3) is 1.00. The summed E-state index contributed by atoms with van der Waals surface area (Å²) in [7, 11) is 0. The third-order valence-corrected chi connectivity index (χ3v) is 18.4. The van der Waals surface area contributed by atoms with Gasteiger partial charge in [0.2, 0.25) is 0 Å². The Morgan fingerprint density at radius 1 is 0.625 bits per heavy atom. The molecule has 9 aliphatic rings. The molecule has 28 unspecified atom stereocenters. The van der Waals surface area contributed by atoms with Gasteiger partial charge in [0.1, 0.15) is 67.1 Å². The van der Waals surface area contributed by atoms with Gasteiger partial charge in [0.05, 0.1) is 49.8 Å². The minimum Gasteiger partial charge on any atom is -0.394 e. The number of ether oxygens (including phenoxy) is 8. The van der Waals surface area contributed by atoms with E-state index in [0.29, 0.717) is 36.7 Å². The molecule has 0 radical (unpaired) electrons. The maximum atomic E-state index is 12.9. The van der Waals surface area contributed by atoms with Crippen LogP contribution in [0.3, 0.4) is 0 Å². The maximum absolute atomic E-state index is 12.9. The maximum Gasteiger partial charge on any atom is 0.187 e. The summed E-state index contributed by atoms with van der Waals surface area (Å²) in [6.07, 6.45) is -20.7. The van der Waals surface area contributed by atoms with Gasteiger partial charge in [0.15, 0.2) is 24.7 Å². The van der Waals surface area contributed by atoms with Crippen LogP contribution in [0.5, 0.6) is 0 Å². The van der Waals surface area contributed by atoms with E-state index in [1.54, 1.807) is 0 Å². The Kier molecular flexibility index (Phi) is 13.3. The highest BCUT2D eigenvalue weighted by atomic mass is 16.8. The van der Waals surface area contributed by atoms with Crippen molar-refractivity contribution in [2.45, 2.75) is 214 Å². The van der Waals surface area contributed by atoms with E-state index in [4.69, 9.17) is 37.9 Å². The van der Waals surface area contributed by atoms with Crippen molar-refractivity contribution in [3.8, 4) is 0 Å². The molecular weight excluding hydrogens is 844 g/mol. The van der Waals surface area contributed by atoms with E-state index in [9.17, 15) is 56.2 Å². The third-order valence-electron chi connectivity index (χ3n) is 18.4. The Morgan fingerprint density at radius 2 is 1.27 bits per heavy atom. The van der Waals surface area contributed by atoms with Gasteiger partial charge in [0.25, 0.3) is 0 Å². The molecule has 4 aliphatic carbocycles. The first-order valence-electron chi connectivity index (χ1n) is 23.8. The fourth-order valence-corrected chi connectivity index (χ4v) is 14.6. The summed E-state index contributed by atoms with van der Waals surface area (Å²) in [4.78, 5) is 0. The number of hydrogen-bond donors (Lipinski definition) is 11. The molecule has 19 nitrogen and oxygen atoms in total. The van der Waals surface area contributed by atoms with Gasteiger partial charge in [-0.2, -0.15) is 0 Å². The van der Waals surface area contributed by atoms with E-state index in [1.807, 2.05) is 0 Å². The van der Waals surface area contributed by atoms with E-state index >= 15 is 0 Å². The van der Waals surface area contributed by atoms with Gasteiger partial charge in [-0.3, -0.25) is 0 Å². The van der Waals surface area contributed by atoms with Gasteiger partial charge in [-0.25, -0.2) is 0 Å². The predicted octanol–water partition coefficient (Wildman–Crippen LogP) is -1.62. The topological polar surface area (TPSA) is 296 Å². The highest BCUT2D eigenvalue weighted by molar-refractivity contribution is 5.19. The van der Waals surface area contributed by atoms with Crippen LogP contribution in [0.1, 0.15) is 92.4 Å². The fourth-order valence-electron chi connectivity index (χ4n) is 14.6. The smallest absolute Gasteiger partial charge is 0.187 e. The summed E-state index contributed by atoms with van der Waals surface area (Å²) >= 11 is 0. The Balaban J connectivity index is 0.955. The Hall–Kier alpha value is -0.760. The third kappa shape index (κ3) is 7.58. The van der Waals surface area contributed by atoms with Crippen molar-refractivity contribution in [2.75, 3.05) is 19.8 Å². The lowest BCUT2D eigenvalue weighted by Gasteiger charge is -2.65. The molecule has 5 aliphatic heterocycles. The van der Waals surface area contributed by atoms with E-state index < -0.39 is 134 Å². The lowest BCUT2D eigenvalue weighted by atomic mass is 9.42. The van der Waals surface area contributed by atoms with Crippen LogP contribution in [-0.2, 0) is 37.9 Å². The highest BCUT2D eigenvalue weighted by Gasteiger charge is 2.71. The number of hydrogen-bond acceptors (Lipinski definition) is 19. The van der Waals surface area contributed by atoms with Gasteiger partial charge in [-0.05, 0) is 86.9 Å². The number of aliphatic hydroxyl groups excluding tert-OH is 10. The first-order valence-corrected chi connectivity index (χ1v) is 23.8. The van der Waals surface area contributed by atoms with Gasteiger partial charge < -0.3 is 94.1 Å². The van der Waals surface area contributed by atoms with Gasteiger partial charge in [-0.1, -0.05) is 27.7 Å². The molecule has 64 heavy (non-hydrogen) atoms. The van der Waals surface area contributed by atoms with E-state index in [1.165, 1.54) is 6.92 Å². The molecule has 11 N–H and O–H groups in total. The normalized spacial score (nSPS) is 59.8. The van der Waals surface area contributed by atoms with Crippen LogP contribution in [0.25, 0.3) is 0 Å². The lowest BCUT2D eigenvalue weighted by molar-refractivity contribution is -0.398. The van der Waals surface area contributed by atoms with Crippen molar-refractivity contribution in [1.29, 1.82) is 0 Å². The molecule has 0 bridgehead atoms. The summed E-state index contributed by atoms with van der Waals surface area (Å²) in [5.41, 5.74) is -1.94. The molecule has 9 fully saturated rings. The summed E-state index contributed by atoms with van der Waals surface area (Å²) in [6.45, 7) is 9.65. The average molecular weight is 919 g/mol. The summed E-state index contributed by atoms with van der Waals surface area (Å²) < 4.78 is 49.7. The molecule has 4 saturated carbocycles. The Labute approximate surface area is 373 Å². The SMILES string of the molecule is CC1CCC2(OC1)OC1CC3C4CCC5(O)CC(OC6OC(CO)C(O)C(OC7OC(CO)C(O)C(O)C7O)C6OC6OC(C)C(O)C(O)C6O)C(O)CC5(C)C4CCC3(C)C1C2C. The van der Waals surface area contributed by atoms with Gasteiger partial charge in [-0.15, -0.1) is 0 Å². The van der Waals surface area contributed by atoms with Crippen LogP contribution in [0, 0.1) is 46.3 Å². The molecule has 5 heterocycles. The van der Waals surface area contributed by atoms with Crippen molar-refractivity contribution in [3.63, 3.8) is 0 Å². The van der Waals surface area contributed by atoms with Crippen LogP contribution in [0.2, 0.25) is 0 Å². The summed E-state index contributed by atoms with van der Waals surface area (Å²) in [5.74, 6) is 1.42. The van der Waals surface area contributed by atoms with Crippen LogP contribution in [0.15, 0.2) is 0 Å². The van der Waals surface area contributed by atoms with Crippen molar-refractivity contribution >= 4 is 0 Å². The first-order chi connectivity index (χ1) is 30.2. The van der Waals surface area contributed by atoms with E-state index in [2.05, 4.69) is 27.7 Å². The number of rotatable bonds is 8. The van der Waals surface area contributed by atoms with Crippen molar-refractivity contribution in [3.05, 3.63) is 0 Å². The highest BCUT2D eigenvalue weighted by Crippen LogP contribution is 2.72. The minimum atomic E-state index is -1.92. The zero-order chi connectivity index (χ0) is 46.0. The second kappa shape index (κ2) is 17.6. The molecule has 19 heteroatoms. The second-order valence-corrected chi connectivity index (χ2v) is 21.8. The Morgan fingerprint density at radius 3 is 1.94 bits per heavy atom. The van der Waals surface area contributed by atoms with Crippen molar-refractivity contribution < 1.29 is 94.1 Å². The number of fused-ring (bicyclic) bond motifs is 7. The van der Waals surface area contributed by atoms with Crippen molar-refractivity contribution in [1.82, 2.24) is 0 Å². The van der Waals surface area contributed by atoms with Crippen LogP contribution in [-0.4, -0.2) is 198 Å². The van der Waals surface area contributed by atoms with Crippen molar-refractivity contribution in [2.24, 2.45) is 46.3 Å². The minimum absolute atomic E-state index is 0.0127. The Bertz CT molecular complexity index is 1640. The lowest BCUT2D eigenvalue weighted by Crippen LogP contribution is -2.68.